The van der Waals surface area contributed by atoms with Crippen LogP contribution in [0, 0.1) is 11.8 Å². The molecule has 4 aliphatic rings. The molecule has 0 aromatic heterocycles. The lowest BCUT2D eigenvalue weighted by atomic mass is 9.54. The Bertz CT molecular complexity index is 1250. The Morgan fingerprint density at radius 2 is 1.15 bits per heavy atom. The maximum Gasteiger partial charge on any atom is 0.308 e. The molecule has 3 aliphatic carbocycles. The number of hydrogen-bond acceptors (Lipinski definition) is 4. The van der Waals surface area contributed by atoms with Crippen LogP contribution in [0.2, 0.25) is 0 Å². The van der Waals surface area contributed by atoms with Crippen LogP contribution in [0.3, 0.4) is 0 Å². The fourth-order valence-corrected chi connectivity index (χ4v) is 8.05. The Kier molecular flexibility index (Phi) is 4.33. The molecule has 5 nitrogen and oxygen atoms in total. The van der Waals surface area contributed by atoms with Gasteiger partial charge in [-0.1, -0.05) is 80.4 Å². The molecular weight excluding hydrogens is 550 g/mol. The molecule has 7 heteroatoms. The third-order valence-corrected chi connectivity index (χ3v) is 9.64. The molecule has 0 spiro atoms. The summed E-state index contributed by atoms with van der Waals surface area (Å²) in [6, 6.07) is 22.4. The molecule has 1 aliphatic heterocycles. The summed E-state index contributed by atoms with van der Waals surface area (Å²) < 4.78 is 3.46. The largest absolute Gasteiger partial charge is 0.427 e. The van der Waals surface area contributed by atoms with Gasteiger partial charge >= 0.3 is 5.97 Å². The van der Waals surface area contributed by atoms with Crippen molar-refractivity contribution in [3.8, 4) is 5.75 Å². The average Bonchev–Trinajstić information content (AvgIpc) is 3.09. The SMILES string of the molecule is CC(=O)Oc1ccc(N2C(=O)[C@H]3[C@H](C2=O)C2(Br)c4ccccc4C3(Br)c3ccccc32)cc1. The van der Waals surface area contributed by atoms with E-state index in [9.17, 15) is 14.4 Å². The summed E-state index contributed by atoms with van der Waals surface area (Å²) in [5, 5.41) is 0. The van der Waals surface area contributed by atoms with Gasteiger partial charge in [-0.2, -0.15) is 0 Å². The van der Waals surface area contributed by atoms with Crippen LogP contribution in [0.1, 0.15) is 29.2 Å². The number of alkyl halides is 2. The van der Waals surface area contributed by atoms with Crippen molar-refractivity contribution in [2.24, 2.45) is 11.8 Å². The van der Waals surface area contributed by atoms with Gasteiger partial charge in [-0.05, 0) is 46.5 Å². The summed E-state index contributed by atoms with van der Waals surface area (Å²) >= 11 is 7.98. The van der Waals surface area contributed by atoms with E-state index >= 15 is 0 Å². The zero-order valence-corrected chi connectivity index (χ0v) is 20.6. The minimum atomic E-state index is -0.820. The zero-order chi connectivity index (χ0) is 23.1. The topological polar surface area (TPSA) is 63.7 Å². The fourth-order valence-electron chi connectivity index (χ4n) is 5.75. The van der Waals surface area contributed by atoms with E-state index in [1.54, 1.807) is 24.3 Å². The van der Waals surface area contributed by atoms with E-state index in [-0.39, 0.29) is 11.8 Å². The summed E-state index contributed by atoms with van der Waals surface area (Å²) in [6.45, 7) is 1.32. The van der Waals surface area contributed by atoms with Crippen molar-refractivity contribution in [1.82, 2.24) is 0 Å². The number of halogens is 2. The molecule has 7 rings (SSSR count). The van der Waals surface area contributed by atoms with Crippen LogP contribution >= 0.6 is 31.9 Å². The average molecular weight is 567 g/mol. The molecule has 3 aromatic carbocycles. The quantitative estimate of drug-likeness (QED) is 0.189. The third-order valence-electron chi connectivity index (χ3n) is 6.94. The minimum Gasteiger partial charge on any atom is -0.427 e. The summed E-state index contributed by atoms with van der Waals surface area (Å²) in [5.41, 5.74) is 4.44. The molecule has 2 amide bonds. The highest BCUT2D eigenvalue weighted by Crippen LogP contribution is 2.70. The van der Waals surface area contributed by atoms with Gasteiger partial charge in [0, 0.05) is 6.92 Å². The number of benzene rings is 3. The number of nitrogens with zero attached hydrogens (tertiary/aromatic N) is 1. The molecule has 1 saturated heterocycles. The predicted molar refractivity (Wildman–Crippen MR) is 130 cm³/mol. The van der Waals surface area contributed by atoms with Gasteiger partial charge in [0.15, 0.2) is 0 Å². The predicted octanol–water partition coefficient (Wildman–Crippen LogP) is 5.02. The van der Waals surface area contributed by atoms with E-state index in [2.05, 4.69) is 31.9 Å². The molecule has 0 unspecified atom stereocenters. The number of ether oxygens (including phenoxy) is 1. The van der Waals surface area contributed by atoms with Crippen molar-refractivity contribution >= 4 is 55.3 Å². The van der Waals surface area contributed by atoms with E-state index in [1.165, 1.54) is 11.8 Å². The van der Waals surface area contributed by atoms with Gasteiger partial charge < -0.3 is 4.74 Å². The monoisotopic (exact) mass is 565 g/mol. The van der Waals surface area contributed by atoms with Gasteiger partial charge in [0.2, 0.25) is 11.8 Å². The molecule has 2 atom stereocenters. The first-order valence-corrected chi connectivity index (χ1v) is 12.1. The first-order valence-electron chi connectivity index (χ1n) is 10.5. The van der Waals surface area contributed by atoms with Crippen LogP contribution in [-0.2, 0) is 23.0 Å². The molecule has 1 heterocycles. The summed E-state index contributed by atoms with van der Waals surface area (Å²) in [4.78, 5) is 40.4. The first-order chi connectivity index (χ1) is 15.8. The number of hydrogen-bond donors (Lipinski definition) is 0. The van der Waals surface area contributed by atoms with Crippen LogP contribution in [0.15, 0.2) is 72.8 Å². The second kappa shape index (κ2) is 6.87. The Labute approximate surface area is 207 Å². The summed E-state index contributed by atoms with van der Waals surface area (Å²) in [6.07, 6.45) is 0. The number of rotatable bonds is 2. The van der Waals surface area contributed by atoms with Crippen molar-refractivity contribution in [3.05, 3.63) is 95.1 Å². The second-order valence-electron chi connectivity index (χ2n) is 8.57. The molecule has 0 N–H and O–H groups in total. The van der Waals surface area contributed by atoms with Crippen molar-refractivity contribution in [2.75, 3.05) is 4.90 Å². The van der Waals surface area contributed by atoms with Crippen molar-refractivity contribution in [3.63, 3.8) is 0 Å². The molecule has 33 heavy (non-hydrogen) atoms. The smallest absolute Gasteiger partial charge is 0.308 e. The standard InChI is InChI=1S/C26H17Br2NO4/c1-14(30)33-16-12-10-15(11-13-16)29-23(31)21-22(24(29)32)26(28)18-7-3-2-6-17(18)25(21,27)19-8-4-5-9-20(19)26/h2-13,21-22H,1H3/t21-,22-,25?,26?/m1/s1. The molecule has 0 saturated carbocycles. The van der Waals surface area contributed by atoms with Gasteiger partial charge in [0.1, 0.15) is 5.75 Å². The number of esters is 1. The maximum absolute atomic E-state index is 13.9. The van der Waals surface area contributed by atoms with Crippen molar-refractivity contribution in [2.45, 2.75) is 15.6 Å². The normalized spacial score (nSPS) is 28.9. The van der Waals surface area contributed by atoms with Crippen molar-refractivity contribution < 1.29 is 19.1 Å². The van der Waals surface area contributed by atoms with E-state index in [0.29, 0.717) is 11.4 Å². The van der Waals surface area contributed by atoms with Gasteiger partial charge in [-0.15, -0.1) is 0 Å². The molecule has 2 bridgehead atoms. The number of carbonyl (C=O) groups is 3. The number of imide groups is 1. The Morgan fingerprint density at radius 3 is 1.52 bits per heavy atom. The Balaban J connectivity index is 1.54. The summed E-state index contributed by atoms with van der Waals surface area (Å²) in [5.74, 6) is -1.83. The first kappa shape index (κ1) is 20.8. The van der Waals surface area contributed by atoms with Crippen LogP contribution in [-0.4, -0.2) is 17.8 Å². The molecule has 0 radical (unpaired) electrons. The second-order valence-corrected chi connectivity index (χ2v) is 11.1. The summed E-state index contributed by atoms with van der Waals surface area (Å²) in [7, 11) is 0. The van der Waals surface area contributed by atoms with Crippen molar-refractivity contribution in [1.29, 1.82) is 0 Å². The van der Waals surface area contributed by atoms with E-state index in [4.69, 9.17) is 4.74 Å². The molecule has 1 fully saturated rings. The van der Waals surface area contributed by atoms with Crippen LogP contribution in [0.5, 0.6) is 5.75 Å². The van der Waals surface area contributed by atoms with Gasteiger partial charge in [0.25, 0.3) is 0 Å². The van der Waals surface area contributed by atoms with E-state index in [0.717, 1.165) is 22.3 Å². The van der Waals surface area contributed by atoms with E-state index in [1.807, 2.05) is 48.5 Å². The van der Waals surface area contributed by atoms with Crippen LogP contribution < -0.4 is 9.64 Å². The highest BCUT2D eigenvalue weighted by Gasteiger charge is 2.72. The number of amides is 2. The lowest BCUT2D eigenvalue weighted by Gasteiger charge is -2.55. The van der Waals surface area contributed by atoms with Gasteiger partial charge in [-0.3, -0.25) is 14.4 Å². The van der Waals surface area contributed by atoms with Gasteiger partial charge in [0.05, 0.1) is 26.2 Å². The van der Waals surface area contributed by atoms with E-state index < -0.39 is 26.5 Å². The number of carbonyl (C=O) groups excluding carboxylic acids is 3. The fraction of sp³-hybridized carbons (Fsp3) is 0.192. The third kappa shape index (κ3) is 2.49. The highest BCUT2D eigenvalue weighted by atomic mass is 79.9. The zero-order valence-electron chi connectivity index (χ0n) is 17.4. The molecular formula is C26H17Br2NO4. The van der Waals surface area contributed by atoms with Gasteiger partial charge in [-0.25, -0.2) is 4.90 Å². The Hall–Kier alpha value is -2.77. The molecule has 3 aromatic rings. The van der Waals surface area contributed by atoms with Crippen LogP contribution in [0.4, 0.5) is 5.69 Å². The lowest BCUT2D eigenvalue weighted by Crippen LogP contribution is -2.56. The number of anilines is 1. The highest BCUT2D eigenvalue weighted by molar-refractivity contribution is 9.10. The lowest BCUT2D eigenvalue weighted by molar-refractivity contribution is -0.132. The minimum absolute atomic E-state index is 0.255. The maximum atomic E-state index is 13.9. The molecule has 164 valence electrons. The Morgan fingerprint density at radius 1 is 0.758 bits per heavy atom. The van der Waals surface area contributed by atoms with Crippen LogP contribution in [0.25, 0.3) is 0 Å².